The van der Waals surface area contributed by atoms with Gasteiger partial charge in [0.05, 0.1) is 0 Å². The van der Waals surface area contributed by atoms with Crippen molar-refractivity contribution in [2.75, 3.05) is 0 Å². The third-order valence-corrected chi connectivity index (χ3v) is 4.61. The first-order chi connectivity index (χ1) is 10.8. The Morgan fingerprint density at radius 3 is 2.50 bits per heavy atom. The van der Waals surface area contributed by atoms with Gasteiger partial charge >= 0.3 is 0 Å². The van der Waals surface area contributed by atoms with Crippen molar-refractivity contribution in [3.05, 3.63) is 82.6 Å². The molecule has 4 rings (SSSR count). The van der Waals surface area contributed by atoms with E-state index in [1.165, 1.54) is 44.2 Å². The van der Waals surface area contributed by atoms with Crippen LogP contribution in [0.15, 0.2) is 60.3 Å². The van der Waals surface area contributed by atoms with Gasteiger partial charge in [-0.1, -0.05) is 48.5 Å². The lowest BCUT2D eigenvalue weighted by molar-refractivity contribution is 1.23. The van der Waals surface area contributed by atoms with Crippen molar-refractivity contribution in [1.29, 1.82) is 0 Å². The molecule has 3 aromatic rings. The molecule has 0 atom stereocenters. The summed E-state index contributed by atoms with van der Waals surface area (Å²) < 4.78 is 0. The average molecular weight is 282 g/mol. The van der Waals surface area contributed by atoms with E-state index >= 15 is 0 Å². The third-order valence-electron chi connectivity index (χ3n) is 4.61. The molecule has 1 aliphatic carbocycles. The number of benzene rings is 3. The molecule has 0 unspecified atom stereocenters. The highest BCUT2D eigenvalue weighted by Crippen LogP contribution is 2.38. The number of fused-ring (bicyclic) bond motifs is 2. The van der Waals surface area contributed by atoms with Gasteiger partial charge in [0.15, 0.2) is 0 Å². The van der Waals surface area contributed by atoms with Gasteiger partial charge in [0.25, 0.3) is 0 Å². The fraction of sp³-hybridized carbons (Fsp3) is 0.136. The predicted molar refractivity (Wildman–Crippen MR) is 95.1 cm³/mol. The van der Waals surface area contributed by atoms with Crippen LogP contribution in [-0.4, -0.2) is 0 Å². The zero-order valence-corrected chi connectivity index (χ0v) is 13.0. The SMILES string of the molecule is Cc1ccc2c(c1-c1c(C)ccc3ccccc13)CC=C=C2. The fourth-order valence-electron chi connectivity index (χ4n) is 3.51. The molecule has 0 aromatic heterocycles. The van der Waals surface area contributed by atoms with Crippen molar-refractivity contribution in [2.24, 2.45) is 0 Å². The summed E-state index contributed by atoms with van der Waals surface area (Å²) in [5.74, 6) is 0. The van der Waals surface area contributed by atoms with Crippen LogP contribution in [0.2, 0.25) is 0 Å². The highest BCUT2D eigenvalue weighted by Gasteiger charge is 2.16. The van der Waals surface area contributed by atoms with Crippen molar-refractivity contribution >= 4 is 16.8 Å². The molecule has 0 bridgehead atoms. The van der Waals surface area contributed by atoms with Crippen molar-refractivity contribution in [3.8, 4) is 11.1 Å². The molecule has 0 heterocycles. The molecular weight excluding hydrogens is 264 g/mol. The molecule has 106 valence electrons. The summed E-state index contributed by atoms with van der Waals surface area (Å²) >= 11 is 0. The zero-order valence-electron chi connectivity index (χ0n) is 13.0. The van der Waals surface area contributed by atoms with Crippen LogP contribution < -0.4 is 0 Å². The van der Waals surface area contributed by atoms with Crippen LogP contribution in [0, 0.1) is 13.8 Å². The van der Waals surface area contributed by atoms with Gasteiger partial charge in [0, 0.05) is 0 Å². The summed E-state index contributed by atoms with van der Waals surface area (Å²) in [7, 11) is 0. The zero-order chi connectivity index (χ0) is 15.1. The lowest BCUT2D eigenvalue weighted by atomic mass is 9.84. The van der Waals surface area contributed by atoms with Crippen molar-refractivity contribution in [3.63, 3.8) is 0 Å². The van der Waals surface area contributed by atoms with Gasteiger partial charge in [-0.05, 0) is 76.6 Å². The van der Waals surface area contributed by atoms with E-state index in [2.05, 4.69) is 80.3 Å². The molecule has 0 saturated heterocycles. The molecule has 1 aliphatic rings. The average Bonchev–Trinajstić information content (AvgIpc) is 2.56. The van der Waals surface area contributed by atoms with Crippen molar-refractivity contribution in [2.45, 2.75) is 20.3 Å². The smallest absolute Gasteiger partial charge is 0.000881 e. The summed E-state index contributed by atoms with van der Waals surface area (Å²) in [5, 5.41) is 2.65. The standard InChI is InChI=1S/C22H18/c1-15-11-13-17-7-3-5-9-19(17)21(15)22-16(2)12-14-18-8-4-6-10-20(18)22/h3,5-9,11-14H,10H2,1-2H3. The number of aryl methyl sites for hydroxylation is 2. The number of hydrogen-bond acceptors (Lipinski definition) is 0. The Bertz CT molecular complexity index is 951. The summed E-state index contributed by atoms with van der Waals surface area (Å²) in [6.45, 7) is 4.44. The molecule has 22 heavy (non-hydrogen) atoms. The highest BCUT2D eigenvalue weighted by atomic mass is 14.2. The molecule has 3 aromatic carbocycles. The van der Waals surface area contributed by atoms with E-state index in [4.69, 9.17) is 0 Å². The molecule has 0 N–H and O–H groups in total. The first-order valence-electron chi connectivity index (χ1n) is 7.78. The second kappa shape index (κ2) is 5.02. The van der Waals surface area contributed by atoms with Gasteiger partial charge in [0.2, 0.25) is 0 Å². The number of allylic oxidation sites excluding steroid dienone is 1. The van der Waals surface area contributed by atoms with E-state index in [0.717, 1.165) is 6.42 Å². The topological polar surface area (TPSA) is 0 Å². The summed E-state index contributed by atoms with van der Waals surface area (Å²) in [6.07, 6.45) is 5.19. The third kappa shape index (κ3) is 1.93. The maximum absolute atomic E-state index is 3.24. The minimum absolute atomic E-state index is 0.964. The van der Waals surface area contributed by atoms with E-state index < -0.39 is 0 Å². The Morgan fingerprint density at radius 1 is 0.818 bits per heavy atom. The van der Waals surface area contributed by atoms with Crippen LogP contribution in [0.25, 0.3) is 28.0 Å². The normalized spacial score (nSPS) is 12.6. The molecular formula is C22H18. The van der Waals surface area contributed by atoms with Crippen molar-refractivity contribution < 1.29 is 0 Å². The van der Waals surface area contributed by atoms with E-state index in [1.807, 2.05) is 0 Å². The molecule has 0 spiro atoms. The van der Waals surface area contributed by atoms with Crippen LogP contribution in [-0.2, 0) is 6.42 Å². The molecule has 0 radical (unpaired) electrons. The highest BCUT2D eigenvalue weighted by molar-refractivity contribution is 6.00. The maximum atomic E-state index is 3.24. The van der Waals surface area contributed by atoms with Gasteiger partial charge in [0.1, 0.15) is 0 Å². The Morgan fingerprint density at radius 2 is 1.59 bits per heavy atom. The van der Waals surface area contributed by atoms with Gasteiger partial charge in [-0.15, -0.1) is 5.73 Å². The van der Waals surface area contributed by atoms with Crippen LogP contribution in [0.5, 0.6) is 0 Å². The van der Waals surface area contributed by atoms with Crippen LogP contribution in [0.3, 0.4) is 0 Å². The van der Waals surface area contributed by atoms with Gasteiger partial charge < -0.3 is 0 Å². The van der Waals surface area contributed by atoms with E-state index in [9.17, 15) is 0 Å². The minimum atomic E-state index is 0.964. The second-order valence-electron chi connectivity index (χ2n) is 6.02. The molecule has 0 heteroatoms. The van der Waals surface area contributed by atoms with Gasteiger partial charge in [-0.3, -0.25) is 0 Å². The lowest BCUT2D eigenvalue weighted by Gasteiger charge is -2.19. The number of rotatable bonds is 1. The van der Waals surface area contributed by atoms with E-state index in [1.54, 1.807) is 0 Å². The van der Waals surface area contributed by atoms with E-state index in [0.29, 0.717) is 0 Å². The second-order valence-corrected chi connectivity index (χ2v) is 6.02. The molecule has 0 nitrogen and oxygen atoms in total. The monoisotopic (exact) mass is 282 g/mol. The molecule has 0 saturated carbocycles. The van der Waals surface area contributed by atoms with Crippen LogP contribution in [0.1, 0.15) is 22.3 Å². The predicted octanol–water partition coefficient (Wildman–Crippen LogP) is 5.85. The fourth-order valence-corrected chi connectivity index (χ4v) is 3.51. The van der Waals surface area contributed by atoms with E-state index in [-0.39, 0.29) is 0 Å². The first-order valence-corrected chi connectivity index (χ1v) is 7.78. The summed E-state index contributed by atoms with van der Waals surface area (Å²) in [5.41, 5.74) is 11.5. The molecule has 0 aliphatic heterocycles. The summed E-state index contributed by atoms with van der Waals surface area (Å²) in [6, 6.07) is 17.6. The molecule has 0 fully saturated rings. The first kappa shape index (κ1) is 13.1. The Hall–Kier alpha value is -2.56. The largest absolute Gasteiger partial charge is 0.124 e. The molecule has 0 amide bonds. The van der Waals surface area contributed by atoms with Gasteiger partial charge in [-0.2, -0.15) is 0 Å². The minimum Gasteiger partial charge on any atom is -0.124 e. The Labute approximate surface area is 131 Å². The van der Waals surface area contributed by atoms with Crippen LogP contribution >= 0.6 is 0 Å². The quantitative estimate of drug-likeness (QED) is 0.491. The Balaban J connectivity index is 2.13. The maximum Gasteiger partial charge on any atom is -0.000881 e. The Kier molecular flexibility index (Phi) is 2.99. The lowest BCUT2D eigenvalue weighted by Crippen LogP contribution is -1.99. The van der Waals surface area contributed by atoms with Crippen molar-refractivity contribution in [1.82, 2.24) is 0 Å². The number of hydrogen-bond donors (Lipinski definition) is 0. The summed E-state index contributed by atoms with van der Waals surface area (Å²) in [4.78, 5) is 0. The van der Waals surface area contributed by atoms with Gasteiger partial charge in [-0.25, -0.2) is 0 Å². The van der Waals surface area contributed by atoms with Crippen LogP contribution in [0.4, 0.5) is 0 Å².